The van der Waals surface area contributed by atoms with E-state index >= 15 is 0 Å². The Morgan fingerprint density at radius 2 is 1.91 bits per heavy atom. The summed E-state index contributed by atoms with van der Waals surface area (Å²) in [4.78, 5) is 27.6. The van der Waals surface area contributed by atoms with E-state index in [2.05, 4.69) is 11.8 Å². The van der Waals surface area contributed by atoms with Gasteiger partial charge in [-0.1, -0.05) is 12.1 Å². The molecule has 1 saturated heterocycles. The first kappa shape index (κ1) is 22.2. The summed E-state index contributed by atoms with van der Waals surface area (Å²) in [5.74, 6) is 4.29. The van der Waals surface area contributed by atoms with Gasteiger partial charge in [0, 0.05) is 49.8 Å². The van der Waals surface area contributed by atoms with Gasteiger partial charge in [-0.05, 0) is 75.5 Å². The summed E-state index contributed by atoms with van der Waals surface area (Å²) < 4.78 is 5.23. The smallest absolute Gasteiger partial charge is 0.222 e. The van der Waals surface area contributed by atoms with Crippen molar-refractivity contribution in [3.8, 4) is 5.75 Å². The highest BCUT2D eigenvalue weighted by molar-refractivity contribution is 5.76. The molecule has 0 spiro atoms. The first-order valence-electron chi connectivity index (χ1n) is 12.6. The number of methoxy groups -OCH3 is 1. The number of carbonyl (C=O) groups is 1. The molecule has 3 aliphatic rings. The first-order chi connectivity index (χ1) is 16.1. The molecule has 0 N–H and O–H groups in total. The summed E-state index contributed by atoms with van der Waals surface area (Å²) in [7, 11) is 1.67. The minimum atomic E-state index is 0.234. The Hall–Kier alpha value is -2.63. The maximum Gasteiger partial charge on any atom is 0.222 e. The maximum absolute atomic E-state index is 13.0. The van der Waals surface area contributed by atoms with Gasteiger partial charge in [0.25, 0.3) is 0 Å². The Morgan fingerprint density at radius 1 is 1.09 bits per heavy atom. The number of anilines is 1. The fourth-order valence-corrected chi connectivity index (χ4v) is 5.30. The lowest BCUT2D eigenvalue weighted by Crippen LogP contribution is -2.40. The molecule has 1 aromatic carbocycles. The molecule has 2 aliphatic heterocycles. The second-order valence-electron chi connectivity index (χ2n) is 9.99. The molecular formula is C27H36N4O2. The van der Waals surface area contributed by atoms with E-state index in [-0.39, 0.29) is 11.8 Å². The molecule has 1 unspecified atom stereocenters. The molecule has 1 aromatic heterocycles. The van der Waals surface area contributed by atoms with Gasteiger partial charge >= 0.3 is 0 Å². The van der Waals surface area contributed by atoms with E-state index in [0.29, 0.717) is 6.42 Å². The molecule has 33 heavy (non-hydrogen) atoms. The topological polar surface area (TPSA) is 58.6 Å². The number of fused-ring (bicyclic) bond motifs is 1. The zero-order valence-electron chi connectivity index (χ0n) is 20.1. The third kappa shape index (κ3) is 5.15. The second-order valence-corrected chi connectivity index (χ2v) is 9.99. The highest BCUT2D eigenvalue weighted by Crippen LogP contribution is 2.36. The summed E-state index contributed by atoms with van der Waals surface area (Å²) in [6.45, 7) is 5.98. The zero-order chi connectivity index (χ0) is 22.8. The lowest BCUT2D eigenvalue weighted by Gasteiger charge is -2.34. The molecule has 2 fully saturated rings. The van der Waals surface area contributed by atoms with Crippen molar-refractivity contribution in [1.82, 2.24) is 14.9 Å². The third-order valence-corrected chi connectivity index (χ3v) is 7.47. The molecule has 6 nitrogen and oxygen atoms in total. The second kappa shape index (κ2) is 9.70. The summed E-state index contributed by atoms with van der Waals surface area (Å²) >= 11 is 0. The van der Waals surface area contributed by atoms with Crippen LogP contribution in [0.4, 0.5) is 5.82 Å². The molecule has 6 heteroatoms. The van der Waals surface area contributed by atoms with Crippen molar-refractivity contribution in [2.75, 3.05) is 38.2 Å². The van der Waals surface area contributed by atoms with Crippen LogP contribution < -0.4 is 9.64 Å². The molecule has 2 aromatic rings. The highest BCUT2D eigenvalue weighted by atomic mass is 16.5. The average Bonchev–Trinajstić information content (AvgIpc) is 3.67. The molecule has 3 heterocycles. The van der Waals surface area contributed by atoms with Gasteiger partial charge in [-0.25, -0.2) is 9.97 Å². The van der Waals surface area contributed by atoms with Gasteiger partial charge in [-0.2, -0.15) is 0 Å². The Balaban J connectivity index is 1.25. The van der Waals surface area contributed by atoms with Gasteiger partial charge in [0.2, 0.25) is 5.91 Å². The Labute approximate surface area is 197 Å². The molecule has 176 valence electrons. The summed E-state index contributed by atoms with van der Waals surface area (Å²) in [6, 6.07) is 8.00. The van der Waals surface area contributed by atoms with Crippen molar-refractivity contribution in [3.63, 3.8) is 0 Å². The molecule has 1 saturated carbocycles. The number of likely N-dealkylation sites (tertiary alicyclic amines) is 1. The van der Waals surface area contributed by atoms with E-state index in [4.69, 9.17) is 14.7 Å². The van der Waals surface area contributed by atoms with Gasteiger partial charge in [0.15, 0.2) is 0 Å². The van der Waals surface area contributed by atoms with E-state index < -0.39 is 0 Å². The molecule has 5 rings (SSSR count). The van der Waals surface area contributed by atoms with E-state index in [1.165, 1.54) is 36.2 Å². The van der Waals surface area contributed by atoms with Crippen LogP contribution in [-0.4, -0.2) is 54.1 Å². The fraction of sp³-hybridized carbons (Fsp3) is 0.593. The standard InChI is InChI=1S/C27H36N4O2/c1-19-24-6-4-16-31(17-21-7-8-21)27(24)29-26(28-19)22-5-3-15-30(18-22)25(32)14-11-20-9-12-23(33-2)13-10-20/h9-10,12-13,21-22H,3-8,11,14-18H2,1-2H3. The fourth-order valence-electron chi connectivity index (χ4n) is 5.30. The SMILES string of the molecule is COc1ccc(CCC(=O)N2CCCC(c3nc(C)c4c(n3)N(CC3CC3)CCC4)C2)cc1. The predicted molar refractivity (Wildman–Crippen MR) is 130 cm³/mol. The summed E-state index contributed by atoms with van der Waals surface area (Å²) in [5.41, 5.74) is 3.65. The van der Waals surface area contributed by atoms with Crippen molar-refractivity contribution < 1.29 is 9.53 Å². The number of carbonyl (C=O) groups excluding carboxylic acids is 1. The number of benzene rings is 1. The molecule has 0 radical (unpaired) electrons. The number of hydrogen-bond acceptors (Lipinski definition) is 5. The number of aryl methyl sites for hydroxylation is 2. The van der Waals surface area contributed by atoms with Crippen LogP contribution in [0.3, 0.4) is 0 Å². The minimum Gasteiger partial charge on any atom is -0.497 e. The van der Waals surface area contributed by atoms with Crippen LogP contribution in [0.15, 0.2) is 24.3 Å². The number of amides is 1. The van der Waals surface area contributed by atoms with Crippen molar-refractivity contribution in [3.05, 3.63) is 46.9 Å². The lowest BCUT2D eigenvalue weighted by atomic mass is 9.95. The molecule has 1 aliphatic carbocycles. The quantitative estimate of drug-likeness (QED) is 0.632. The van der Waals surface area contributed by atoms with E-state index in [1.807, 2.05) is 29.2 Å². The lowest BCUT2D eigenvalue weighted by molar-refractivity contribution is -0.132. The van der Waals surface area contributed by atoms with Crippen molar-refractivity contribution in [1.29, 1.82) is 0 Å². The van der Waals surface area contributed by atoms with E-state index in [1.54, 1.807) is 7.11 Å². The number of piperidine rings is 1. The van der Waals surface area contributed by atoms with Crippen LogP contribution in [-0.2, 0) is 17.6 Å². The summed E-state index contributed by atoms with van der Waals surface area (Å²) in [5, 5.41) is 0. The van der Waals surface area contributed by atoms with Gasteiger partial charge in [0.1, 0.15) is 17.4 Å². The van der Waals surface area contributed by atoms with Crippen LogP contribution in [0, 0.1) is 12.8 Å². The van der Waals surface area contributed by atoms with Gasteiger partial charge in [-0.3, -0.25) is 4.79 Å². The molecule has 1 amide bonds. The van der Waals surface area contributed by atoms with Crippen LogP contribution in [0.2, 0.25) is 0 Å². The molecule has 1 atom stereocenters. The van der Waals surface area contributed by atoms with Crippen molar-refractivity contribution >= 4 is 11.7 Å². The summed E-state index contributed by atoms with van der Waals surface area (Å²) in [6.07, 6.45) is 8.38. The Kier molecular flexibility index (Phi) is 6.52. The monoisotopic (exact) mass is 448 g/mol. The number of aromatic nitrogens is 2. The highest BCUT2D eigenvalue weighted by Gasteiger charge is 2.31. The first-order valence-corrected chi connectivity index (χ1v) is 12.6. The van der Waals surface area contributed by atoms with Gasteiger partial charge in [-0.15, -0.1) is 0 Å². The van der Waals surface area contributed by atoms with E-state index in [0.717, 1.165) is 75.0 Å². The minimum absolute atomic E-state index is 0.234. The average molecular weight is 449 g/mol. The van der Waals surface area contributed by atoms with Crippen LogP contribution in [0.5, 0.6) is 5.75 Å². The third-order valence-electron chi connectivity index (χ3n) is 7.47. The Bertz CT molecular complexity index is 986. The van der Waals surface area contributed by atoms with Gasteiger partial charge in [0.05, 0.1) is 7.11 Å². The van der Waals surface area contributed by atoms with Gasteiger partial charge < -0.3 is 14.5 Å². The normalized spacial score (nSPS) is 20.5. The van der Waals surface area contributed by atoms with Crippen LogP contribution >= 0.6 is 0 Å². The van der Waals surface area contributed by atoms with Crippen molar-refractivity contribution in [2.45, 2.75) is 64.2 Å². The zero-order valence-corrected chi connectivity index (χ0v) is 20.1. The van der Waals surface area contributed by atoms with Crippen LogP contribution in [0.25, 0.3) is 0 Å². The molecular weight excluding hydrogens is 412 g/mol. The largest absolute Gasteiger partial charge is 0.497 e. The maximum atomic E-state index is 13.0. The van der Waals surface area contributed by atoms with Crippen LogP contribution in [0.1, 0.15) is 67.1 Å². The van der Waals surface area contributed by atoms with Crippen molar-refractivity contribution in [2.24, 2.45) is 5.92 Å². The predicted octanol–water partition coefficient (Wildman–Crippen LogP) is 4.30. The number of nitrogens with zero attached hydrogens (tertiary/aromatic N) is 4. The Morgan fingerprint density at radius 3 is 2.67 bits per heavy atom. The number of hydrogen-bond donors (Lipinski definition) is 0. The number of rotatable bonds is 7. The van der Waals surface area contributed by atoms with E-state index in [9.17, 15) is 4.79 Å². The molecule has 0 bridgehead atoms. The number of ether oxygens (including phenoxy) is 1.